The van der Waals surface area contributed by atoms with Crippen molar-refractivity contribution in [3.05, 3.63) is 53.4 Å². The van der Waals surface area contributed by atoms with Crippen LogP contribution < -0.4 is 5.01 Å². The van der Waals surface area contributed by atoms with Crippen molar-refractivity contribution in [1.82, 2.24) is 5.01 Å². The Kier molecular flexibility index (Phi) is 4.71. The van der Waals surface area contributed by atoms with Gasteiger partial charge in [-0.25, -0.2) is 5.01 Å². The van der Waals surface area contributed by atoms with E-state index in [4.69, 9.17) is 0 Å². The second kappa shape index (κ2) is 6.50. The monoisotopic (exact) mass is 274 g/mol. The van der Waals surface area contributed by atoms with Gasteiger partial charge < -0.3 is 4.79 Å². The lowest BCUT2D eigenvalue weighted by molar-refractivity contribution is -0.109. The Hall–Kier alpha value is -1.65. The van der Waals surface area contributed by atoms with Gasteiger partial charge in [-0.1, -0.05) is 30.3 Å². The lowest BCUT2D eigenvalue weighted by atomic mass is 10.2. The van der Waals surface area contributed by atoms with Gasteiger partial charge in [0.1, 0.15) is 11.3 Å². The summed E-state index contributed by atoms with van der Waals surface area (Å²) < 4.78 is 0. The number of thiophene rings is 1. The van der Waals surface area contributed by atoms with E-state index < -0.39 is 0 Å². The highest BCUT2D eigenvalue weighted by Gasteiger charge is 2.19. The minimum atomic E-state index is -0.174. The molecule has 1 heterocycles. The van der Waals surface area contributed by atoms with Crippen LogP contribution in [0.15, 0.2) is 47.8 Å². The second-order valence-corrected chi connectivity index (χ2v) is 5.40. The number of carbonyl (C=O) groups excluding carboxylic acids is 1. The first-order valence-corrected chi connectivity index (χ1v) is 7.13. The Morgan fingerprint density at radius 3 is 2.53 bits per heavy atom. The van der Waals surface area contributed by atoms with Crippen molar-refractivity contribution in [2.24, 2.45) is 0 Å². The molecule has 0 radical (unpaired) electrons. The SMILES string of the molecule is C[C@@H](C=O)N(c1cccs1)N(C)Cc1ccccc1. The Balaban J connectivity index is 2.17. The van der Waals surface area contributed by atoms with Gasteiger partial charge in [-0.15, -0.1) is 11.3 Å². The van der Waals surface area contributed by atoms with Crippen LogP contribution in [0.3, 0.4) is 0 Å². The zero-order chi connectivity index (χ0) is 13.7. The van der Waals surface area contributed by atoms with Gasteiger partial charge in [-0.05, 0) is 30.0 Å². The molecule has 3 nitrogen and oxygen atoms in total. The number of nitrogens with zero attached hydrogens (tertiary/aromatic N) is 2. The first-order chi connectivity index (χ1) is 9.22. The lowest BCUT2D eigenvalue weighted by Gasteiger charge is -2.35. The van der Waals surface area contributed by atoms with Gasteiger partial charge in [0.25, 0.3) is 0 Å². The molecule has 100 valence electrons. The first-order valence-electron chi connectivity index (χ1n) is 6.25. The maximum Gasteiger partial charge on any atom is 0.143 e. The predicted molar refractivity (Wildman–Crippen MR) is 80.2 cm³/mol. The molecule has 0 aliphatic carbocycles. The number of hydrogen-bond acceptors (Lipinski definition) is 4. The maximum atomic E-state index is 11.1. The lowest BCUT2D eigenvalue weighted by Crippen LogP contribution is -2.45. The Morgan fingerprint density at radius 1 is 1.21 bits per heavy atom. The summed E-state index contributed by atoms with van der Waals surface area (Å²) in [5.41, 5.74) is 1.23. The van der Waals surface area contributed by atoms with Crippen molar-refractivity contribution in [1.29, 1.82) is 0 Å². The fourth-order valence-electron chi connectivity index (χ4n) is 2.06. The zero-order valence-corrected chi connectivity index (χ0v) is 12.0. The molecule has 0 amide bonds. The van der Waals surface area contributed by atoms with Crippen LogP contribution in [0.25, 0.3) is 0 Å². The fraction of sp³-hybridized carbons (Fsp3) is 0.267. The highest BCUT2D eigenvalue weighted by molar-refractivity contribution is 7.14. The largest absolute Gasteiger partial charge is 0.301 e. The maximum absolute atomic E-state index is 11.1. The fourth-order valence-corrected chi connectivity index (χ4v) is 2.93. The summed E-state index contributed by atoms with van der Waals surface area (Å²) in [6.07, 6.45) is 0.973. The average molecular weight is 274 g/mol. The van der Waals surface area contributed by atoms with E-state index in [1.807, 2.05) is 54.7 Å². The van der Waals surface area contributed by atoms with Gasteiger partial charge in [-0.3, -0.25) is 5.01 Å². The molecule has 0 fully saturated rings. The van der Waals surface area contributed by atoms with Crippen molar-refractivity contribution >= 4 is 22.6 Å². The molecule has 0 spiro atoms. The van der Waals surface area contributed by atoms with Gasteiger partial charge >= 0.3 is 0 Å². The summed E-state index contributed by atoms with van der Waals surface area (Å²) >= 11 is 1.64. The van der Waals surface area contributed by atoms with E-state index in [2.05, 4.69) is 17.1 Å². The van der Waals surface area contributed by atoms with Crippen LogP contribution in [-0.4, -0.2) is 24.4 Å². The summed E-state index contributed by atoms with van der Waals surface area (Å²) in [7, 11) is 2.01. The third-order valence-corrected chi connectivity index (χ3v) is 3.79. The molecule has 0 bridgehead atoms. The summed E-state index contributed by atoms with van der Waals surface area (Å²) in [4.78, 5) is 11.1. The Morgan fingerprint density at radius 2 is 1.95 bits per heavy atom. The van der Waals surface area contributed by atoms with E-state index in [-0.39, 0.29) is 6.04 Å². The number of anilines is 1. The molecule has 0 saturated carbocycles. The summed E-state index contributed by atoms with van der Waals surface area (Å²) in [5.74, 6) is 0. The summed E-state index contributed by atoms with van der Waals surface area (Å²) in [6.45, 7) is 2.69. The normalized spacial score (nSPS) is 12.4. The van der Waals surface area contributed by atoms with Crippen molar-refractivity contribution in [2.45, 2.75) is 19.5 Å². The van der Waals surface area contributed by atoms with Gasteiger partial charge in [0.2, 0.25) is 0 Å². The van der Waals surface area contributed by atoms with E-state index in [1.54, 1.807) is 11.3 Å². The number of hydrazine groups is 1. The third-order valence-electron chi connectivity index (χ3n) is 2.94. The number of hydrogen-bond donors (Lipinski definition) is 0. The van der Waals surface area contributed by atoms with Crippen molar-refractivity contribution in [2.75, 3.05) is 12.1 Å². The smallest absolute Gasteiger partial charge is 0.143 e. The molecule has 2 rings (SSSR count). The van der Waals surface area contributed by atoms with Crippen LogP contribution in [0.1, 0.15) is 12.5 Å². The topological polar surface area (TPSA) is 23.6 Å². The van der Waals surface area contributed by atoms with Crippen LogP contribution in [0.2, 0.25) is 0 Å². The number of rotatable bonds is 6. The van der Waals surface area contributed by atoms with E-state index in [0.29, 0.717) is 0 Å². The summed E-state index contributed by atoms with van der Waals surface area (Å²) in [5, 5.41) is 7.22. The van der Waals surface area contributed by atoms with E-state index >= 15 is 0 Å². The summed E-state index contributed by atoms with van der Waals surface area (Å²) in [6, 6.07) is 14.1. The second-order valence-electron chi connectivity index (χ2n) is 4.47. The molecule has 19 heavy (non-hydrogen) atoms. The molecule has 2 aromatic rings. The van der Waals surface area contributed by atoms with Crippen molar-refractivity contribution < 1.29 is 4.79 Å². The number of carbonyl (C=O) groups is 1. The quantitative estimate of drug-likeness (QED) is 0.597. The highest BCUT2D eigenvalue weighted by Crippen LogP contribution is 2.25. The molecule has 0 saturated heterocycles. The molecule has 0 N–H and O–H groups in total. The van der Waals surface area contributed by atoms with Crippen LogP contribution >= 0.6 is 11.3 Å². The Labute approximate surface area is 118 Å². The molecule has 0 aliphatic heterocycles. The standard InChI is InChI=1S/C15H18N2OS/c1-13(12-18)17(15-9-6-10-19-15)16(2)11-14-7-4-3-5-8-14/h3-10,12-13H,11H2,1-2H3/t13-/m0/s1. The minimum Gasteiger partial charge on any atom is -0.301 e. The van der Waals surface area contributed by atoms with Gasteiger partial charge in [0, 0.05) is 13.6 Å². The van der Waals surface area contributed by atoms with Crippen LogP contribution in [0.4, 0.5) is 5.00 Å². The Bertz CT molecular complexity index is 498. The van der Waals surface area contributed by atoms with Crippen LogP contribution in [-0.2, 0) is 11.3 Å². The molecule has 1 atom stereocenters. The highest BCUT2D eigenvalue weighted by atomic mass is 32.1. The van der Waals surface area contributed by atoms with Crippen molar-refractivity contribution in [3.8, 4) is 0 Å². The number of benzene rings is 1. The molecule has 1 aromatic heterocycles. The van der Waals surface area contributed by atoms with Crippen LogP contribution in [0, 0.1) is 0 Å². The van der Waals surface area contributed by atoms with E-state index in [1.165, 1.54) is 5.56 Å². The third kappa shape index (κ3) is 3.43. The number of aldehydes is 1. The first kappa shape index (κ1) is 13.8. The average Bonchev–Trinajstić information content (AvgIpc) is 2.93. The van der Waals surface area contributed by atoms with E-state index in [0.717, 1.165) is 17.8 Å². The van der Waals surface area contributed by atoms with Crippen molar-refractivity contribution in [3.63, 3.8) is 0 Å². The van der Waals surface area contributed by atoms with Gasteiger partial charge in [0.15, 0.2) is 0 Å². The molecule has 0 aliphatic rings. The predicted octanol–water partition coefficient (Wildman–Crippen LogP) is 3.19. The molecule has 0 unspecified atom stereocenters. The molecule has 4 heteroatoms. The van der Waals surface area contributed by atoms with Gasteiger partial charge in [-0.2, -0.15) is 0 Å². The van der Waals surface area contributed by atoms with Gasteiger partial charge in [0.05, 0.1) is 6.04 Å². The zero-order valence-electron chi connectivity index (χ0n) is 11.2. The molecular weight excluding hydrogens is 256 g/mol. The molecule has 1 aromatic carbocycles. The minimum absolute atomic E-state index is 0.174. The van der Waals surface area contributed by atoms with Crippen LogP contribution in [0.5, 0.6) is 0 Å². The van der Waals surface area contributed by atoms with E-state index in [9.17, 15) is 4.79 Å². The molecular formula is C15H18N2OS.